The molecule has 0 aliphatic rings. The summed E-state index contributed by atoms with van der Waals surface area (Å²) in [6.45, 7) is 5.38. The van der Waals surface area contributed by atoms with Crippen LogP contribution in [0.5, 0.6) is 0 Å². The molecule has 0 saturated carbocycles. The molecule has 1 heterocycles. The fraction of sp³-hybridized carbons (Fsp3) is 0.667. The molecule has 2 amide bonds. The van der Waals surface area contributed by atoms with Gasteiger partial charge in [0.05, 0.1) is 5.92 Å². The van der Waals surface area contributed by atoms with Crippen LogP contribution in [0.4, 0.5) is 9.93 Å². The van der Waals surface area contributed by atoms with Gasteiger partial charge >= 0.3 is 12.0 Å². The van der Waals surface area contributed by atoms with E-state index in [1.807, 2.05) is 13.8 Å². The molecule has 0 saturated heterocycles. The van der Waals surface area contributed by atoms with Crippen molar-refractivity contribution in [2.75, 3.05) is 5.32 Å². The summed E-state index contributed by atoms with van der Waals surface area (Å²) in [5.41, 5.74) is 0. The van der Waals surface area contributed by atoms with Gasteiger partial charge in [0.25, 0.3) is 0 Å². The SMILES string of the molecule is Cc1nnc(NC(=O)NC(C)CCCC(C)C(=O)O)s1. The number of urea groups is 1. The molecule has 0 fully saturated rings. The predicted octanol–water partition coefficient (Wildman–Crippen LogP) is 2.25. The number of hydrogen-bond acceptors (Lipinski definition) is 5. The van der Waals surface area contributed by atoms with E-state index in [0.717, 1.165) is 17.8 Å². The van der Waals surface area contributed by atoms with Gasteiger partial charge in [-0.25, -0.2) is 4.79 Å². The van der Waals surface area contributed by atoms with E-state index in [4.69, 9.17) is 5.11 Å². The molecule has 7 nitrogen and oxygen atoms in total. The average Bonchev–Trinajstić information content (AvgIpc) is 2.73. The van der Waals surface area contributed by atoms with Crippen LogP contribution >= 0.6 is 11.3 Å². The number of aromatic nitrogens is 2. The molecule has 1 rings (SSSR count). The predicted molar refractivity (Wildman–Crippen MR) is 76.9 cm³/mol. The van der Waals surface area contributed by atoms with Gasteiger partial charge in [-0.15, -0.1) is 10.2 Å². The molecular formula is C12H20N4O3S. The Morgan fingerprint density at radius 3 is 2.55 bits per heavy atom. The molecule has 20 heavy (non-hydrogen) atoms. The minimum Gasteiger partial charge on any atom is -0.481 e. The van der Waals surface area contributed by atoms with E-state index < -0.39 is 5.97 Å². The lowest BCUT2D eigenvalue weighted by Crippen LogP contribution is -2.36. The number of carbonyl (C=O) groups excluding carboxylic acids is 1. The summed E-state index contributed by atoms with van der Waals surface area (Å²) in [6, 6.07) is -0.343. The maximum atomic E-state index is 11.7. The second kappa shape index (κ2) is 7.78. The topological polar surface area (TPSA) is 104 Å². The largest absolute Gasteiger partial charge is 0.481 e. The number of anilines is 1. The molecule has 2 unspecified atom stereocenters. The number of carboxylic acids is 1. The van der Waals surface area contributed by atoms with E-state index in [9.17, 15) is 9.59 Å². The summed E-state index contributed by atoms with van der Waals surface area (Å²) < 4.78 is 0. The molecule has 0 bridgehead atoms. The van der Waals surface area contributed by atoms with E-state index >= 15 is 0 Å². The lowest BCUT2D eigenvalue weighted by atomic mass is 10.0. The van der Waals surface area contributed by atoms with Gasteiger partial charge in [-0.3, -0.25) is 10.1 Å². The highest BCUT2D eigenvalue weighted by molar-refractivity contribution is 7.15. The molecule has 3 N–H and O–H groups in total. The van der Waals surface area contributed by atoms with Crippen molar-refractivity contribution in [3.8, 4) is 0 Å². The molecule has 8 heteroatoms. The van der Waals surface area contributed by atoms with Crippen LogP contribution in [0.2, 0.25) is 0 Å². The van der Waals surface area contributed by atoms with Crippen molar-refractivity contribution in [3.05, 3.63) is 5.01 Å². The van der Waals surface area contributed by atoms with Crippen LogP contribution in [0.3, 0.4) is 0 Å². The van der Waals surface area contributed by atoms with Gasteiger partial charge in [0, 0.05) is 6.04 Å². The van der Waals surface area contributed by atoms with Crippen molar-refractivity contribution in [3.63, 3.8) is 0 Å². The zero-order valence-corrected chi connectivity index (χ0v) is 12.7. The minimum absolute atomic E-state index is 0.0231. The van der Waals surface area contributed by atoms with Crippen LogP contribution in [0.25, 0.3) is 0 Å². The van der Waals surface area contributed by atoms with Crippen molar-refractivity contribution in [1.29, 1.82) is 0 Å². The van der Waals surface area contributed by atoms with Crippen molar-refractivity contribution in [1.82, 2.24) is 15.5 Å². The van der Waals surface area contributed by atoms with Crippen LogP contribution in [-0.4, -0.2) is 33.3 Å². The maximum Gasteiger partial charge on any atom is 0.321 e. The van der Waals surface area contributed by atoms with Gasteiger partial charge < -0.3 is 10.4 Å². The van der Waals surface area contributed by atoms with Crippen molar-refractivity contribution in [2.24, 2.45) is 5.92 Å². The normalized spacial score (nSPS) is 13.6. The fourth-order valence-electron chi connectivity index (χ4n) is 1.63. The number of nitrogens with one attached hydrogen (secondary N) is 2. The number of aryl methyl sites for hydroxylation is 1. The van der Waals surface area contributed by atoms with E-state index in [0.29, 0.717) is 11.6 Å². The second-order valence-electron chi connectivity index (χ2n) is 4.80. The molecule has 0 aromatic carbocycles. The molecule has 1 aromatic rings. The van der Waals surface area contributed by atoms with Crippen LogP contribution in [0, 0.1) is 12.8 Å². The molecule has 0 aliphatic heterocycles. The molecule has 0 spiro atoms. The molecule has 1 aromatic heterocycles. The number of carboxylic acid groups (broad SMARTS) is 1. The van der Waals surface area contributed by atoms with Gasteiger partial charge in [-0.05, 0) is 26.7 Å². The van der Waals surface area contributed by atoms with Crippen LogP contribution < -0.4 is 10.6 Å². The quantitative estimate of drug-likeness (QED) is 0.716. The maximum absolute atomic E-state index is 11.7. The number of carbonyl (C=O) groups is 2. The third-order valence-corrected chi connectivity index (χ3v) is 3.57. The van der Waals surface area contributed by atoms with Crippen molar-refractivity contribution in [2.45, 2.75) is 46.1 Å². The average molecular weight is 300 g/mol. The summed E-state index contributed by atoms with van der Waals surface area (Å²) >= 11 is 1.31. The summed E-state index contributed by atoms with van der Waals surface area (Å²) in [4.78, 5) is 22.3. The lowest BCUT2D eigenvalue weighted by molar-refractivity contribution is -0.141. The van der Waals surface area contributed by atoms with E-state index in [-0.39, 0.29) is 18.0 Å². The summed E-state index contributed by atoms with van der Waals surface area (Å²) in [5, 5.41) is 23.0. The number of nitrogens with zero attached hydrogens (tertiary/aromatic N) is 2. The summed E-state index contributed by atoms with van der Waals surface area (Å²) in [7, 11) is 0. The summed E-state index contributed by atoms with van der Waals surface area (Å²) in [6.07, 6.45) is 2.10. The first-order chi connectivity index (χ1) is 9.38. The van der Waals surface area contributed by atoms with E-state index in [2.05, 4.69) is 20.8 Å². The van der Waals surface area contributed by atoms with Crippen molar-refractivity contribution < 1.29 is 14.7 Å². The van der Waals surface area contributed by atoms with Gasteiger partial charge in [-0.2, -0.15) is 0 Å². The Hall–Kier alpha value is -1.70. The zero-order chi connectivity index (χ0) is 15.1. The van der Waals surface area contributed by atoms with Crippen LogP contribution in [0.15, 0.2) is 0 Å². The molecule has 112 valence electrons. The van der Waals surface area contributed by atoms with Crippen LogP contribution in [0.1, 0.15) is 38.1 Å². The van der Waals surface area contributed by atoms with E-state index in [1.165, 1.54) is 11.3 Å². The first-order valence-corrected chi connectivity index (χ1v) is 7.30. The zero-order valence-electron chi connectivity index (χ0n) is 11.8. The first-order valence-electron chi connectivity index (χ1n) is 6.49. The molecular weight excluding hydrogens is 280 g/mol. The molecule has 2 atom stereocenters. The molecule has 0 aliphatic carbocycles. The first kappa shape index (κ1) is 16.4. The number of amides is 2. The highest BCUT2D eigenvalue weighted by Crippen LogP contribution is 2.13. The van der Waals surface area contributed by atoms with Gasteiger partial charge in [0.15, 0.2) is 0 Å². The smallest absolute Gasteiger partial charge is 0.321 e. The fourth-order valence-corrected chi connectivity index (χ4v) is 2.22. The Labute approximate surface area is 121 Å². The van der Waals surface area contributed by atoms with Gasteiger partial charge in [0.1, 0.15) is 5.01 Å². The minimum atomic E-state index is -0.782. The Morgan fingerprint density at radius 2 is 2.00 bits per heavy atom. The monoisotopic (exact) mass is 300 g/mol. The van der Waals surface area contributed by atoms with Gasteiger partial charge in [-0.1, -0.05) is 24.7 Å². The number of hydrogen-bond donors (Lipinski definition) is 3. The Balaban J connectivity index is 2.23. The third kappa shape index (κ3) is 5.96. The van der Waals surface area contributed by atoms with Gasteiger partial charge in [0.2, 0.25) is 5.13 Å². The van der Waals surface area contributed by atoms with E-state index in [1.54, 1.807) is 6.92 Å². The Bertz CT molecular complexity index is 463. The van der Waals surface area contributed by atoms with Crippen LogP contribution in [-0.2, 0) is 4.79 Å². The third-order valence-electron chi connectivity index (χ3n) is 2.82. The second-order valence-corrected chi connectivity index (χ2v) is 5.98. The summed E-state index contributed by atoms with van der Waals surface area (Å²) in [5.74, 6) is -1.13. The Kier molecular flexibility index (Phi) is 6.37. The lowest BCUT2D eigenvalue weighted by Gasteiger charge is -2.14. The van der Waals surface area contributed by atoms with Crippen molar-refractivity contribution >= 4 is 28.5 Å². The highest BCUT2D eigenvalue weighted by Gasteiger charge is 2.13. The highest BCUT2D eigenvalue weighted by atomic mass is 32.1. The number of rotatable bonds is 7. The Morgan fingerprint density at radius 1 is 1.30 bits per heavy atom. The number of aliphatic carboxylic acids is 1. The standard InChI is InChI=1S/C12H20N4O3S/c1-7(10(17)18)5-4-6-8(2)13-11(19)14-12-16-15-9(3)20-12/h7-8H,4-6H2,1-3H3,(H,17,18)(H2,13,14,16,19). The molecule has 0 radical (unpaired) electrons.